The third-order valence-corrected chi connectivity index (χ3v) is 6.47. The molecule has 0 spiro atoms. The van der Waals surface area contributed by atoms with Gasteiger partial charge in [-0.25, -0.2) is 8.42 Å². The number of nitrogens with one attached hydrogen (secondary N) is 1. The molecule has 0 atom stereocenters. The summed E-state index contributed by atoms with van der Waals surface area (Å²) in [5.74, 6) is 0.304. The van der Waals surface area contributed by atoms with Gasteiger partial charge in [-0.1, -0.05) is 12.1 Å². The van der Waals surface area contributed by atoms with Crippen LogP contribution in [0.5, 0.6) is 5.75 Å². The van der Waals surface area contributed by atoms with Crippen molar-refractivity contribution in [2.45, 2.75) is 31.1 Å². The van der Waals surface area contributed by atoms with Gasteiger partial charge < -0.3 is 14.2 Å². The number of sulfonamides is 1. The summed E-state index contributed by atoms with van der Waals surface area (Å²) in [5.41, 5.74) is 1.25. The van der Waals surface area contributed by atoms with Crippen LogP contribution >= 0.6 is 0 Å². The Balaban J connectivity index is 1.93. The van der Waals surface area contributed by atoms with E-state index < -0.39 is 10.0 Å². The number of carbonyl (C=O) groups excluding carboxylic acids is 1. The molecule has 0 bridgehead atoms. The lowest BCUT2D eigenvalue weighted by Crippen LogP contribution is -2.36. The molecule has 1 aromatic carbocycles. The third kappa shape index (κ3) is 3.80. The van der Waals surface area contributed by atoms with Gasteiger partial charge in [0, 0.05) is 25.8 Å². The number of hydrogen-bond acceptors (Lipinski definition) is 4. The minimum Gasteiger partial charge on any atom is -0.495 e. The Kier molecular flexibility index (Phi) is 5.46. The normalized spacial score (nSPS) is 14.9. The molecule has 7 nitrogen and oxygen atoms in total. The average Bonchev–Trinajstić information content (AvgIpc) is 2.98. The fraction of sp³-hybridized carbons (Fsp3) is 0.421. The Morgan fingerprint density at radius 2 is 1.81 bits per heavy atom. The van der Waals surface area contributed by atoms with Gasteiger partial charge in [0.25, 0.3) is 15.9 Å². The van der Waals surface area contributed by atoms with Crippen molar-refractivity contribution in [2.24, 2.45) is 7.05 Å². The van der Waals surface area contributed by atoms with Gasteiger partial charge in [-0.05, 0) is 44.4 Å². The fourth-order valence-corrected chi connectivity index (χ4v) is 4.70. The first kappa shape index (κ1) is 19.3. The number of rotatable bonds is 5. The van der Waals surface area contributed by atoms with Gasteiger partial charge in [-0.15, -0.1) is 0 Å². The number of methoxy groups -OCH3 is 1. The predicted molar refractivity (Wildman–Crippen MR) is 104 cm³/mol. The first-order valence-corrected chi connectivity index (χ1v) is 10.4. The van der Waals surface area contributed by atoms with Crippen LogP contribution in [0.2, 0.25) is 0 Å². The smallest absolute Gasteiger partial charge is 0.270 e. The van der Waals surface area contributed by atoms with Gasteiger partial charge >= 0.3 is 0 Å². The maximum atomic E-state index is 13.0. The van der Waals surface area contributed by atoms with E-state index in [1.165, 1.54) is 13.2 Å². The summed E-state index contributed by atoms with van der Waals surface area (Å²) in [6.07, 6.45) is 3.09. The minimum atomic E-state index is -3.86. The monoisotopic (exact) mass is 391 g/mol. The molecule has 27 heavy (non-hydrogen) atoms. The van der Waals surface area contributed by atoms with Gasteiger partial charge in [0.2, 0.25) is 0 Å². The number of amides is 1. The van der Waals surface area contributed by atoms with Gasteiger partial charge in [-0.2, -0.15) is 0 Å². The number of para-hydroxylation sites is 2. The van der Waals surface area contributed by atoms with Crippen LogP contribution in [0.4, 0.5) is 5.69 Å². The molecule has 1 aliphatic rings. The van der Waals surface area contributed by atoms with Crippen molar-refractivity contribution >= 4 is 21.6 Å². The van der Waals surface area contributed by atoms with Gasteiger partial charge in [0.1, 0.15) is 16.3 Å². The number of ether oxygens (including phenoxy) is 1. The summed E-state index contributed by atoms with van der Waals surface area (Å²) in [6.45, 7) is 3.12. The van der Waals surface area contributed by atoms with Crippen LogP contribution in [-0.2, 0) is 17.1 Å². The van der Waals surface area contributed by atoms with E-state index in [-0.39, 0.29) is 10.8 Å². The highest BCUT2D eigenvalue weighted by molar-refractivity contribution is 7.92. The van der Waals surface area contributed by atoms with Crippen LogP contribution in [0.25, 0.3) is 0 Å². The number of nitrogens with zero attached hydrogens (tertiary/aromatic N) is 2. The number of anilines is 1. The second kappa shape index (κ2) is 7.64. The Hall–Kier alpha value is -2.48. The molecule has 1 aliphatic heterocycles. The van der Waals surface area contributed by atoms with Crippen LogP contribution in [-0.4, -0.2) is 44.0 Å². The summed E-state index contributed by atoms with van der Waals surface area (Å²) in [6, 6.07) is 8.27. The number of hydrogen-bond donors (Lipinski definition) is 1. The Morgan fingerprint density at radius 1 is 1.15 bits per heavy atom. The average molecular weight is 391 g/mol. The van der Waals surface area contributed by atoms with Crippen molar-refractivity contribution in [2.75, 3.05) is 24.9 Å². The molecule has 146 valence electrons. The SMILES string of the molecule is COc1ccccc1NS(=O)(=O)c1cc(C(=O)N2CCCCC2)n(C)c1C. The van der Waals surface area contributed by atoms with E-state index in [1.807, 2.05) is 0 Å². The first-order chi connectivity index (χ1) is 12.8. The fourth-order valence-electron chi connectivity index (χ4n) is 3.34. The standard InChI is InChI=1S/C19H25N3O4S/c1-14-18(27(24,25)20-15-9-5-6-10-17(15)26-3)13-16(21(14)2)19(23)22-11-7-4-8-12-22/h5-6,9-10,13,20H,4,7-8,11-12H2,1-3H3. The van der Waals surface area contributed by atoms with Crippen molar-refractivity contribution in [3.8, 4) is 5.75 Å². The maximum Gasteiger partial charge on any atom is 0.270 e. The maximum absolute atomic E-state index is 13.0. The number of benzene rings is 1. The Labute approximate surface area is 160 Å². The third-order valence-electron chi connectivity index (χ3n) is 4.99. The molecule has 1 N–H and O–H groups in total. The van der Waals surface area contributed by atoms with Crippen LogP contribution in [0.15, 0.2) is 35.2 Å². The zero-order valence-corrected chi connectivity index (χ0v) is 16.7. The van der Waals surface area contributed by atoms with E-state index in [9.17, 15) is 13.2 Å². The van der Waals surface area contributed by atoms with Gasteiger partial charge in [-0.3, -0.25) is 9.52 Å². The summed E-state index contributed by atoms with van der Waals surface area (Å²) < 4.78 is 35.3. The molecule has 0 unspecified atom stereocenters. The zero-order valence-electron chi connectivity index (χ0n) is 15.9. The van der Waals surface area contributed by atoms with Crippen molar-refractivity contribution in [1.29, 1.82) is 0 Å². The summed E-state index contributed by atoms with van der Waals surface area (Å²) in [4.78, 5) is 14.7. The van der Waals surface area contributed by atoms with Crippen LogP contribution in [0, 0.1) is 6.92 Å². The van der Waals surface area contributed by atoms with Crippen molar-refractivity contribution in [3.05, 3.63) is 41.7 Å². The molecule has 1 fully saturated rings. The molecule has 8 heteroatoms. The molecule has 1 aromatic heterocycles. The lowest BCUT2D eigenvalue weighted by Gasteiger charge is -2.26. The Morgan fingerprint density at radius 3 is 2.48 bits per heavy atom. The van der Waals surface area contributed by atoms with Crippen LogP contribution < -0.4 is 9.46 Å². The second-order valence-corrected chi connectivity index (χ2v) is 8.35. The number of piperidine rings is 1. The molecule has 0 radical (unpaired) electrons. The van der Waals surface area contributed by atoms with Crippen LogP contribution in [0.3, 0.4) is 0 Å². The van der Waals surface area contributed by atoms with Gasteiger partial charge in [0.15, 0.2) is 0 Å². The van der Waals surface area contributed by atoms with E-state index in [0.717, 1.165) is 19.3 Å². The number of aromatic nitrogens is 1. The number of likely N-dealkylation sites (tertiary alicyclic amines) is 1. The quantitative estimate of drug-likeness (QED) is 0.850. The molecule has 0 aliphatic carbocycles. The number of carbonyl (C=O) groups is 1. The predicted octanol–water partition coefficient (Wildman–Crippen LogP) is 2.77. The molecule has 0 saturated carbocycles. The zero-order chi connectivity index (χ0) is 19.6. The summed E-state index contributed by atoms with van der Waals surface area (Å²) >= 11 is 0. The largest absolute Gasteiger partial charge is 0.495 e. The highest BCUT2D eigenvalue weighted by Gasteiger charge is 2.27. The van der Waals surface area contributed by atoms with Gasteiger partial charge in [0.05, 0.1) is 12.8 Å². The summed E-state index contributed by atoms with van der Waals surface area (Å²) in [7, 11) is -0.665. The van der Waals surface area contributed by atoms with Crippen molar-refractivity contribution < 1.29 is 17.9 Å². The van der Waals surface area contributed by atoms with Crippen LogP contribution in [0.1, 0.15) is 35.4 Å². The molecule has 1 saturated heterocycles. The van der Waals surface area contributed by atoms with Crippen molar-refractivity contribution in [3.63, 3.8) is 0 Å². The molecule has 1 amide bonds. The minimum absolute atomic E-state index is 0.0938. The molecular formula is C19H25N3O4S. The summed E-state index contributed by atoms with van der Waals surface area (Å²) in [5, 5.41) is 0. The highest BCUT2D eigenvalue weighted by atomic mass is 32.2. The molecule has 2 heterocycles. The molecular weight excluding hydrogens is 366 g/mol. The second-order valence-electron chi connectivity index (χ2n) is 6.70. The van der Waals surface area contributed by atoms with E-state index in [0.29, 0.717) is 35.9 Å². The lowest BCUT2D eigenvalue weighted by molar-refractivity contribution is 0.0714. The first-order valence-electron chi connectivity index (χ1n) is 8.96. The van der Waals surface area contributed by atoms with E-state index in [1.54, 1.807) is 47.7 Å². The van der Waals surface area contributed by atoms with E-state index in [4.69, 9.17) is 4.74 Å². The highest BCUT2D eigenvalue weighted by Crippen LogP contribution is 2.28. The Bertz CT molecular complexity index is 944. The molecule has 2 aromatic rings. The molecule has 3 rings (SSSR count). The lowest BCUT2D eigenvalue weighted by atomic mass is 10.1. The van der Waals surface area contributed by atoms with Crippen molar-refractivity contribution in [1.82, 2.24) is 9.47 Å². The van der Waals surface area contributed by atoms with E-state index >= 15 is 0 Å². The van der Waals surface area contributed by atoms with E-state index in [2.05, 4.69) is 4.72 Å². The topological polar surface area (TPSA) is 80.6 Å².